The first-order chi connectivity index (χ1) is 10.3. The van der Waals surface area contributed by atoms with Gasteiger partial charge >= 0.3 is 6.09 Å². The Morgan fingerprint density at radius 1 is 1.32 bits per heavy atom. The van der Waals surface area contributed by atoms with Crippen LogP contribution in [0.25, 0.3) is 0 Å². The van der Waals surface area contributed by atoms with Crippen molar-refractivity contribution >= 4 is 6.09 Å². The van der Waals surface area contributed by atoms with Gasteiger partial charge in [-0.3, -0.25) is 4.90 Å². The summed E-state index contributed by atoms with van der Waals surface area (Å²) in [6.07, 6.45) is -0.207. The summed E-state index contributed by atoms with van der Waals surface area (Å²) in [6.45, 7) is 15.0. The van der Waals surface area contributed by atoms with Gasteiger partial charge in [0.2, 0.25) is 0 Å². The highest BCUT2D eigenvalue weighted by molar-refractivity contribution is 5.68. The molecule has 2 fully saturated rings. The van der Waals surface area contributed by atoms with Crippen molar-refractivity contribution in [2.24, 2.45) is 0 Å². The molecule has 0 aromatic heterocycles. The van der Waals surface area contributed by atoms with Gasteiger partial charge in [0.15, 0.2) is 0 Å². The molecule has 2 aliphatic rings. The van der Waals surface area contributed by atoms with Crippen LogP contribution in [0.15, 0.2) is 0 Å². The molecule has 6 nitrogen and oxygen atoms in total. The van der Waals surface area contributed by atoms with E-state index in [9.17, 15) is 4.79 Å². The van der Waals surface area contributed by atoms with Crippen molar-refractivity contribution < 1.29 is 14.3 Å². The smallest absolute Gasteiger partial charge is 0.410 e. The Morgan fingerprint density at radius 2 is 2.05 bits per heavy atom. The minimum atomic E-state index is -0.449. The van der Waals surface area contributed by atoms with E-state index in [2.05, 4.69) is 24.1 Å². The van der Waals surface area contributed by atoms with E-state index in [-0.39, 0.29) is 18.2 Å². The van der Waals surface area contributed by atoms with Crippen molar-refractivity contribution in [3.05, 3.63) is 0 Å². The second-order valence-electron chi connectivity index (χ2n) is 7.51. The lowest BCUT2D eigenvalue weighted by Gasteiger charge is -2.42. The van der Waals surface area contributed by atoms with Gasteiger partial charge in [-0.25, -0.2) is 4.79 Å². The van der Waals surface area contributed by atoms with Gasteiger partial charge in [0, 0.05) is 44.3 Å². The lowest BCUT2D eigenvalue weighted by molar-refractivity contribution is -0.0154. The van der Waals surface area contributed by atoms with E-state index in [1.165, 1.54) is 0 Å². The van der Waals surface area contributed by atoms with Gasteiger partial charge in [-0.15, -0.1) is 0 Å². The van der Waals surface area contributed by atoms with Crippen LogP contribution in [-0.4, -0.2) is 79.0 Å². The summed E-state index contributed by atoms with van der Waals surface area (Å²) in [5.74, 6) is 0. The SMILES string of the molecule is CC1COCCN1CC1CN(C(=O)OC(C)(C)C)C(C)CN1. The van der Waals surface area contributed by atoms with Crippen LogP contribution in [0.2, 0.25) is 0 Å². The highest BCUT2D eigenvalue weighted by Gasteiger charge is 2.33. The van der Waals surface area contributed by atoms with Gasteiger partial charge in [0.05, 0.1) is 13.2 Å². The first-order valence-corrected chi connectivity index (χ1v) is 8.31. The van der Waals surface area contributed by atoms with Crippen LogP contribution < -0.4 is 5.32 Å². The van der Waals surface area contributed by atoms with Gasteiger partial charge < -0.3 is 19.7 Å². The highest BCUT2D eigenvalue weighted by Crippen LogP contribution is 2.16. The fourth-order valence-electron chi connectivity index (χ4n) is 2.94. The molecule has 0 aromatic carbocycles. The van der Waals surface area contributed by atoms with E-state index >= 15 is 0 Å². The van der Waals surface area contributed by atoms with Crippen molar-refractivity contribution in [3.63, 3.8) is 0 Å². The Labute approximate surface area is 134 Å². The lowest BCUT2D eigenvalue weighted by Crippen LogP contribution is -2.61. The molecule has 2 rings (SSSR count). The number of morpholine rings is 1. The number of hydrogen-bond acceptors (Lipinski definition) is 5. The molecular formula is C16H31N3O3. The molecule has 0 radical (unpaired) electrons. The van der Waals surface area contributed by atoms with Crippen molar-refractivity contribution in [2.45, 2.75) is 58.3 Å². The summed E-state index contributed by atoms with van der Waals surface area (Å²) in [5.41, 5.74) is -0.449. The fraction of sp³-hybridized carbons (Fsp3) is 0.938. The van der Waals surface area contributed by atoms with Crippen LogP contribution in [0.4, 0.5) is 4.79 Å². The third kappa shape index (κ3) is 4.83. The average Bonchev–Trinajstić information content (AvgIpc) is 2.41. The van der Waals surface area contributed by atoms with Gasteiger partial charge in [-0.05, 0) is 34.6 Å². The Bertz CT molecular complexity index is 383. The van der Waals surface area contributed by atoms with Crippen LogP contribution in [0.5, 0.6) is 0 Å². The predicted molar refractivity (Wildman–Crippen MR) is 86.0 cm³/mol. The molecule has 2 heterocycles. The molecule has 2 saturated heterocycles. The standard InChI is InChI=1S/C16H31N3O3/c1-12-8-17-14(9-18-6-7-21-11-13(18)2)10-19(12)15(20)22-16(3,4)5/h12-14,17H,6-11H2,1-5H3. The molecule has 6 heteroatoms. The van der Waals surface area contributed by atoms with Gasteiger partial charge in [0.1, 0.15) is 5.60 Å². The zero-order valence-corrected chi connectivity index (χ0v) is 14.6. The van der Waals surface area contributed by atoms with E-state index in [4.69, 9.17) is 9.47 Å². The molecule has 0 saturated carbocycles. The molecule has 3 unspecified atom stereocenters. The van der Waals surface area contributed by atoms with E-state index in [1.807, 2.05) is 25.7 Å². The topological polar surface area (TPSA) is 54.0 Å². The fourth-order valence-corrected chi connectivity index (χ4v) is 2.94. The molecule has 3 atom stereocenters. The molecule has 0 spiro atoms. The highest BCUT2D eigenvalue weighted by atomic mass is 16.6. The normalized spacial score (nSPS) is 31.1. The van der Waals surface area contributed by atoms with Crippen molar-refractivity contribution in [1.82, 2.24) is 15.1 Å². The minimum absolute atomic E-state index is 0.160. The van der Waals surface area contributed by atoms with Crippen LogP contribution in [0.3, 0.4) is 0 Å². The number of rotatable bonds is 2. The molecular weight excluding hydrogens is 282 g/mol. The number of carbonyl (C=O) groups excluding carboxylic acids is 1. The Hall–Kier alpha value is -0.850. The van der Waals surface area contributed by atoms with E-state index in [0.717, 1.165) is 32.8 Å². The van der Waals surface area contributed by atoms with Crippen LogP contribution >= 0.6 is 0 Å². The first-order valence-electron chi connectivity index (χ1n) is 8.31. The number of carbonyl (C=O) groups is 1. The Morgan fingerprint density at radius 3 is 2.68 bits per heavy atom. The van der Waals surface area contributed by atoms with E-state index in [1.54, 1.807) is 0 Å². The molecule has 128 valence electrons. The average molecular weight is 313 g/mol. The van der Waals surface area contributed by atoms with Crippen molar-refractivity contribution in [2.75, 3.05) is 39.4 Å². The maximum atomic E-state index is 12.4. The largest absolute Gasteiger partial charge is 0.444 e. The van der Waals surface area contributed by atoms with E-state index in [0.29, 0.717) is 12.6 Å². The zero-order chi connectivity index (χ0) is 16.3. The van der Waals surface area contributed by atoms with Crippen molar-refractivity contribution in [1.29, 1.82) is 0 Å². The summed E-state index contributed by atoms with van der Waals surface area (Å²) in [4.78, 5) is 16.7. The quantitative estimate of drug-likeness (QED) is 0.833. The number of nitrogens with zero attached hydrogens (tertiary/aromatic N) is 2. The first kappa shape index (κ1) is 17.5. The summed E-state index contributed by atoms with van der Waals surface area (Å²) >= 11 is 0. The number of nitrogens with one attached hydrogen (secondary N) is 1. The van der Waals surface area contributed by atoms with Crippen LogP contribution in [0.1, 0.15) is 34.6 Å². The van der Waals surface area contributed by atoms with Gasteiger partial charge in [0.25, 0.3) is 0 Å². The number of amides is 1. The second kappa shape index (κ2) is 7.15. The summed E-state index contributed by atoms with van der Waals surface area (Å²) in [5, 5.41) is 3.55. The Balaban J connectivity index is 1.91. The zero-order valence-electron chi connectivity index (χ0n) is 14.6. The Kier molecular flexibility index (Phi) is 5.69. The summed E-state index contributed by atoms with van der Waals surface area (Å²) in [6, 6.07) is 0.877. The summed E-state index contributed by atoms with van der Waals surface area (Å²) in [7, 11) is 0. The molecule has 0 aromatic rings. The number of piperazine rings is 1. The summed E-state index contributed by atoms with van der Waals surface area (Å²) < 4.78 is 11.0. The maximum absolute atomic E-state index is 12.4. The molecule has 1 N–H and O–H groups in total. The predicted octanol–water partition coefficient (Wildman–Crippen LogP) is 1.30. The molecule has 1 amide bonds. The molecule has 0 bridgehead atoms. The monoisotopic (exact) mass is 313 g/mol. The molecule has 0 aliphatic carbocycles. The third-order valence-corrected chi connectivity index (χ3v) is 4.24. The maximum Gasteiger partial charge on any atom is 0.410 e. The second-order valence-corrected chi connectivity index (χ2v) is 7.51. The van der Waals surface area contributed by atoms with Crippen LogP contribution in [-0.2, 0) is 9.47 Å². The van der Waals surface area contributed by atoms with Gasteiger partial charge in [-0.2, -0.15) is 0 Å². The number of ether oxygens (including phenoxy) is 2. The van der Waals surface area contributed by atoms with Gasteiger partial charge in [-0.1, -0.05) is 0 Å². The molecule has 2 aliphatic heterocycles. The minimum Gasteiger partial charge on any atom is -0.444 e. The van der Waals surface area contributed by atoms with E-state index < -0.39 is 5.60 Å². The molecule has 22 heavy (non-hydrogen) atoms. The van der Waals surface area contributed by atoms with Crippen LogP contribution in [0, 0.1) is 0 Å². The van der Waals surface area contributed by atoms with Crippen molar-refractivity contribution in [3.8, 4) is 0 Å². The third-order valence-electron chi connectivity index (χ3n) is 4.24. The lowest BCUT2D eigenvalue weighted by atomic mass is 10.1. The number of hydrogen-bond donors (Lipinski definition) is 1.